The monoisotopic (exact) mass is 350 g/mol. The van der Waals surface area contributed by atoms with Crippen molar-refractivity contribution in [1.82, 2.24) is 4.98 Å². The second-order valence-electron chi connectivity index (χ2n) is 5.12. The Morgan fingerprint density at radius 3 is 2.58 bits per heavy atom. The Balaban J connectivity index is 2.39. The summed E-state index contributed by atoms with van der Waals surface area (Å²) in [4.78, 5) is 27.6. The van der Waals surface area contributed by atoms with Crippen molar-refractivity contribution in [1.29, 1.82) is 0 Å². The number of aromatic amines is 1. The zero-order chi connectivity index (χ0) is 17.9. The number of hydrogen-bond acceptors (Lipinski definition) is 4. The summed E-state index contributed by atoms with van der Waals surface area (Å²) in [7, 11) is 2.81. The molecule has 0 saturated carbocycles. The molecule has 1 aromatic carbocycles. The zero-order valence-corrected chi connectivity index (χ0v) is 14.7. The van der Waals surface area contributed by atoms with E-state index in [1.807, 2.05) is 6.92 Å². The molecule has 0 aliphatic carbocycles. The molecule has 24 heavy (non-hydrogen) atoms. The number of anilines is 1. The van der Waals surface area contributed by atoms with E-state index in [0.29, 0.717) is 45.4 Å². The first-order chi connectivity index (χ1) is 11.4. The fourth-order valence-corrected chi connectivity index (χ4v) is 2.66. The van der Waals surface area contributed by atoms with Crippen molar-refractivity contribution in [3.63, 3.8) is 0 Å². The molecule has 2 N–H and O–H groups in total. The predicted molar refractivity (Wildman–Crippen MR) is 92.2 cm³/mol. The summed E-state index contributed by atoms with van der Waals surface area (Å²) >= 11 is 5.97. The van der Waals surface area contributed by atoms with Crippen LogP contribution in [-0.2, 0) is 11.2 Å². The van der Waals surface area contributed by atoms with E-state index in [1.54, 1.807) is 25.1 Å². The maximum atomic E-state index is 12.6. The van der Waals surface area contributed by atoms with E-state index in [-0.39, 0.29) is 0 Å². The molecule has 1 aromatic heterocycles. The zero-order valence-electron chi connectivity index (χ0n) is 14.0. The van der Waals surface area contributed by atoms with Crippen LogP contribution in [0.15, 0.2) is 18.2 Å². The Hall–Kier alpha value is -2.47. The molecule has 0 unspecified atom stereocenters. The lowest BCUT2D eigenvalue weighted by Crippen LogP contribution is -2.14. The lowest BCUT2D eigenvalue weighted by Gasteiger charge is -2.10. The molecule has 2 aromatic rings. The van der Waals surface area contributed by atoms with Gasteiger partial charge in [0.05, 0.1) is 25.5 Å². The van der Waals surface area contributed by atoms with Crippen molar-refractivity contribution in [3.8, 4) is 5.75 Å². The number of esters is 1. The number of rotatable bonds is 5. The second-order valence-corrected chi connectivity index (χ2v) is 5.56. The van der Waals surface area contributed by atoms with Crippen LogP contribution in [0.3, 0.4) is 0 Å². The molecule has 0 fully saturated rings. The van der Waals surface area contributed by atoms with Crippen LogP contribution in [0.25, 0.3) is 0 Å². The SMILES string of the molecule is CCc1[nH]c(C(=O)Nc2cc(Cl)ccc2OC)c(C)c1C(=O)OC. The second kappa shape index (κ2) is 7.40. The van der Waals surface area contributed by atoms with Gasteiger partial charge in [0.25, 0.3) is 5.91 Å². The standard InChI is InChI=1S/C17H19ClN2O4/c1-5-11-14(17(22)24-4)9(2)15(19-11)16(21)20-12-8-10(18)6-7-13(12)23-3/h6-8,19H,5H2,1-4H3,(H,20,21). The number of H-pyrrole nitrogens is 1. The number of aryl methyl sites for hydroxylation is 1. The fourth-order valence-electron chi connectivity index (χ4n) is 2.49. The van der Waals surface area contributed by atoms with Crippen molar-refractivity contribution in [2.75, 3.05) is 19.5 Å². The number of hydrogen-bond donors (Lipinski definition) is 2. The molecule has 0 atom stereocenters. The van der Waals surface area contributed by atoms with Crippen molar-refractivity contribution >= 4 is 29.2 Å². The quantitative estimate of drug-likeness (QED) is 0.807. The van der Waals surface area contributed by atoms with E-state index in [9.17, 15) is 9.59 Å². The lowest BCUT2D eigenvalue weighted by molar-refractivity contribution is 0.0599. The number of aromatic nitrogens is 1. The molecule has 1 heterocycles. The van der Waals surface area contributed by atoms with Gasteiger partial charge in [0.2, 0.25) is 0 Å². The number of carbonyl (C=O) groups is 2. The molecule has 0 bridgehead atoms. The van der Waals surface area contributed by atoms with Crippen LogP contribution in [0.2, 0.25) is 5.02 Å². The van der Waals surface area contributed by atoms with Gasteiger partial charge in [0.1, 0.15) is 11.4 Å². The first-order valence-electron chi connectivity index (χ1n) is 7.37. The first-order valence-corrected chi connectivity index (χ1v) is 7.75. The number of ether oxygens (including phenoxy) is 2. The number of methoxy groups -OCH3 is 2. The van der Waals surface area contributed by atoms with Crippen LogP contribution in [0, 0.1) is 6.92 Å². The van der Waals surface area contributed by atoms with Crippen LogP contribution in [0.4, 0.5) is 5.69 Å². The highest BCUT2D eigenvalue weighted by atomic mass is 35.5. The molecule has 0 aliphatic rings. The van der Waals surface area contributed by atoms with Gasteiger partial charge in [-0.05, 0) is 37.1 Å². The van der Waals surface area contributed by atoms with E-state index >= 15 is 0 Å². The molecule has 7 heteroatoms. The molecule has 128 valence electrons. The van der Waals surface area contributed by atoms with Crippen molar-refractivity contribution in [2.24, 2.45) is 0 Å². The van der Waals surface area contributed by atoms with Gasteiger partial charge in [-0.2, -0.15) is 0 Å². The van der Waals surface area contributed by atoms with E-state index < -0.39 is 11.9 Å². The van der Waals surface area contributed by atoms with Gasteiger partial charge in [-0.3, -0.25) is 4.79 Å². The van der Waals surface area contributed by atoms with Crippen LogP contribution in [0.5, 0.6) is 5.75 Å². The molecular formula is C17H19ClN2O4. The third-order valence-electron chi connectivity index (χ3n) is 3.71. The normalized spacial score (nSPS) is 10.4. The average molecular weight is 351 g/mol. The third-order valence-corrected chi connectivity index (χ3v) is 3.94. The Kier molecular flexibility index (Phi) is 5.51. The van der Waals surface area contributed by atoms with Gasteiger partial charge in [-0.15, -0.1) is 0 Å². The van der Waals surface area contributed by atoms with Crippen molar-refractivity contribution in [3.05, 3.63) is 45.7 Å². The van der Waals surface area contributed by atoms with Crippen LogP contribution in [-0.4, -0.2) is 31.1 Å². The van der Waals surface area contributed by atoms with Crippen LogP contribution >= 0.6 is 11.6 Å². The number of carbonyl (C=O) groups excluding carboxylic acids is 2. The van der Waals surface area contributed by atoms with E-state index in [0.717, 1.165) is 0 Å². The minimum atomic E-state index is -0.472. The van der Waals surface area contributed by atoms with Gasteiger partial charge in [-0.1, -0.05) is 18.5 Å². The van der Waals surface area contributed by atoms with Gasteiger partial charge < -0.3 is 19.8 Å². The highest BCUT2D eigenvalue weighted by molar-refractivity contribution is 6.31. The highest BCUT2D eigenvalue weighted by Gasteiger charge is 2.24. The van der Waals surface area contributed by atoms with Gasteiger partial charge in [0.15, 0.2) is 0 Å². The van der Waals surface area contributed by atoms with Crippen molar-refractivity contribution < 1.29 is 19.1 Å². The predicted octanol–water partition coefficient (Wildman–Crippen LogP) is 3.59. The summed E-state index contributed by atoms with van der Waals surface area (Å²) in [5.74, 6) is -0.376. The maximum Gasteiger partial charge on any atom is 0.339 e. The number of amides is 1. The summed E-state index contributed by atoms with van der Waals surface area (Å²) in [6.45, 7) is 3.59. The van der Waals surface area contributed by atoms with E-state index in [4.69, 9.17) is 21.1 Å². The fraction of sp³-hybridized carbons (Fsp3) is 0.294. The van der Waals surface area contributed by atoms with Crippen LogP contribution in [0.1, 0.15) is 39.0 Å². The average Bonchev–Trinajstić information content (AvgIpc) is 2.91. The summed E-state index contributed by atoms with van der Waals surface area (Å²) in [5, 5.41) is 3.22. The minimum absolute atomic E-state index is 0.300. The highest BCUT2D eigenvalue weighted by Crippen LogP contribution is 2.29. The maximum absolute atomic E-state index is 12.6. The first kappa shape index (κ1) is 17.9. The summed E-state index contributed by atoms with van der Waals surface area (Å²) < 4.78 is 10.0. The largest absolute Gasteiger partial charge is 0.495 e. The Morgan fingerprint density at radius 2 is 2.00 bits per heavy atom. The summed E-state index contributed by atoms with van der Waals surface area (Å²) in [6, 6.07) is 4.93. The molecular weight excluding hydrogens is 332 g/mol. The molecule has 1 amide bonds. The number of benzene rings is 1. The Bertz CT molecular complexity index is 783. The van der Waals surface area contributed by atoms with E-state index in [1.165, 1.54) is 14.2 Å². The molecule has 0 radical (unpaired) electrons. The Morgan fingerprint density at radius 1 is 1.29 bits per heavy atom. The van der Waals surface area contributed by atoms with E-state index in [2.05, 4.69) is 10.3 Å². The number of nitrogens with one attached hydrogen (secondary N) is 2. The molecule has 0 aliphatic heterocycles. The molecule has 0 saturated heterocycles. The minimum Gasteiger partial charge on any atom is -0.495 e. The van der Waals surface area contributed by atoms with Gasteiger partial charge in [0, 0.05) is 10.7 Å². The number of halogens is 1. The third kappa shape index (κ3) is 3.38. The van der Waals surface area contributed by atoms with Gasteiger partial charge in [-0.25, -0.2) is 4.79 Å². The molecule has 0 spiro atoms. The van der Waals surface area contributed by atoms with Crippen molar-refractivity contribution in [2.45, 2.75) is 20.3 Å². The molecule has 2 rings (SSSR count). The summed E-state index contributed by atoms with van der Waals surface area (Å²) in [6.07, 6.45) is 0.568. The van der Waals surface area contributed by atoms with Crippen LogP contribution < -0.4 is 10.1 Å². The smallest absolute Gasteiger partial charge is 0.339 e. The van der Waals surface area contributed by atoms with Gasteiger partial charge >= 0.3 is 5.97 Å². The summed E-state index contributed by atoms with van der Waals surface area (Å²) in [5.41, 5.74) is 2.33. The Labute approximate surface area is 145 Å². The topological polar surface area (TPSA) is 80.4 Å². The lowest BCUT2D eigenvalue weighted by atomic mass is 10.1. The molecule has 6 nitrogen and oxygen atoms in total.